The third kappa shape index (κ3) is 7.32. The number of hydrogen-bond acceptors (Lipinski definition) is 8. The van der Waals surface area contributed by atoms with Crippen LogP contribution in [-0.4, -0.2) is 75.3 Å². The lowest BCUT2D eigenvalue weighted by Crippen LogP contribution is -2.36. The molecule has 0 aliphatic carbocycles. The molecule has 0 bridgehead atoms. The van der Waals surface area contributed by atoms with E-state index in [2.05, 4.69) is 0 Å². The summed E-state index contributed by atoms with van der Waals surface area (Å²) in [6.07, 6.45) is -3.14. The van der Waals surface area contributed by atoms with Crippen molar-refractivity contribution in [1.82, 2.24) is 4.98 Å². The molecule has 2 unspecified atom stereocenters. The van der Waals surface area contributed by atoms with Gasteiger partial charge in [0.2, 0.25) is 0 Å². The van der Waals surface area contributed by atoms with Crippen LogP contribution in [0.2, 0.25) is 0 Å². The fourth-order valence-corrected chi connectivity index (χ4v) is 6.84. The predicted molar refractivity (Wildman–Crippen MR) is 161 cm³/mol. The Morgan fingerprint density at radius 3 is 2.42 bits per heavy atom. The third-order valence-corrected chi connectivity index (χ3v) is 10.3. The van der Waals surface area contributed by atoms with Gasteiger partial charge in [0, 0.05) is 19.1 Å². The number of amides is 1. The summed E-state index contributed by atoms with van der Waals surface area (Å²) >= 11 is 0. The Kier molecular flexibility index (Phi) is 9.83. The van der Waals surface area contributed by atoms with Gasteiger partial charge in [-0.05, 0) is 60.4 Å². The van der Waals surface area contributed by atoms with E-state index in [0.717, 1.165) is 24.1 Å². The van der Waals surface area contributed by atoms with Gasteiger partial charge in [-0.25, -0.2) is 13.4 Å². The molecule has 45 heavy (non-hydrogen) atoms. The molecule has 2 aliphatic rings. The lowest BCUT2D eigenvalue weighted by Gasteiger charge is -2.28. The maximum atomic E-state index is 13.2. The highest BCUT2D eigenvalue weighted by Crippen LogP contribution is 2.38. The molecule has 3 aromatic rings. The fraction of sp³-hybridized carbons (Fsp3) is 0.438. The highest BCUT2D eigenvalue weighted by atomic mass is 32.2. The largest absolute Gasteiger partial charge is 0.416 e. The number of aliphatic hydroxyl groups excluding tert-OH is 1. The van der Waals surface area contributed by atoms with Crippen LogP contribution in [0.4, 0.5) is 19.0 Å². The number of halogens is 3. The first kappa shape index (κ1) is 32.9. The SMILES string of the molecule is CCS(=O)(=O)c1ccc(C(CO)c2nc(N3CC(c4ccc(C(F)(F)F)cc4)C[C@H]3CO[C@H]3CCOC3)ccc2C(N)=O)cc1. The minimum atomic E-state index is -4.43. The van der Waals surface area contributed by atoms with Gasteiger partial charge in [-0.1, -0.05) is 31.2 Å². The maximum Gasteiger partial charge on any atom is 0.416 e. The number of aromatic nitrogens is 1. The number of rotatable bonds is 11. The van der Waals surface area contributed by atoms with Crippen LogP contribution >= 0.6 is 0 Å². The Labute approximate surface area is 260 Å². The van der Waals surface area contributed by atoms with Crippen LogP contribution in [-0.2, 0) is 25.5 Å². The normalized spacial score (nSPS) is 21.3. The highest BCUT2D eigenvalue weighted by molar-refractivity contribution is 7.91. The molecule has 3 heterocycles. The number of hydrogen-bond donors (Lipinski definition) is 2. The number of benzene rings is 2. The van der Waals surface area contributed by atoms with E-state index in [-0.39, 0.29) is 40.0 Å². The number of nitrogens with two attached hydrogens (primary N) is 1. The predicted octanol–water partition coefficient (Wildman–Crippen LogP) is 4.29. The van der Waals surface area contributed by atoms with Gasteiger partial charge in [-0.15, -0.1) is 0 Å². The van der Waals surface area contributed by atoms with Crippen molar-refractivity contribution >= 4 is 21.6 Å². The molecule has 242 valence electrons. The number of carbonyl (C=O) groups is 1. The summed E-state index contributed by atoms with van der Waals surface area (Å²) < 4.78 is 75.8. The highest BCUT2D eigenvalue weighted by Gasteiger charge is 2.37. The van der Waals surface area contributed by atoms with Crippen LogP contribution in [0.3, 0.4) is 0 Å². The molecule has 2 aliphatic heterocycles. The Hall–Kier alpha value is -3.52. The second kappa shape index (κ2) is 13.5. The van der Waals surface area contributed by atoms with E-state index in [9.17, 15) is 31.5 Å². The number of nitrogens with zero attached hydrogens (tertiary/aromatic N) is 2. The second-order valence-corrected chi connectivity index (χ2v) is 13.6. The smallest absolute Gasteiger partial charge is 0.395 e. The zero-order valence-corrected chi connectivity index (χ0v) is 25.6. The van der Waals surface area contributed by atoms with Crippen molar-refractivity contribution < 1.29 is 41.0 Å². The minimum absolute atomic E-state index is 0.0593. The van der Waals surface area contributed by atoms with Crippen molar-refractivity contribution in [2.45, 2.75) is 54.8 Å². The summed E-state index contributed by atoms with van der Waals surface area (Å²) in [5.41, 5.74) is 6.63. The zero-order chi connectivity index (χ0) is 32.4. The third-order valence-electron chi connectivity index (χ3n) is 8.54. The van der Waals surface area contributed by atoms with Crippen LogP contribution in [0.25, 0.3) is 0 Å². The van der Waals surface area contributed by atoms with Crippen molar-refractivity contribution in [2.75, 3.05) is 43.6 Å². The topological polar surface area (TPSA) is 132 Å². The van der Waals surface area contributed by atoms with Gasteiger partial charge in [0.05, 0.1) is 65.4 Å². The molecule has 0 spiro atoms. The number of sulfone groups is 1. The number of primary amides is 1. The van der Waals surface area contributed by atoms with Crippen LogP contribution in [0, 0.1) is 0 Å². The van der Waals surface area contributed by atoms with Crippen LogP contribution in [0.5, 0.6) is 0 Å². The number of anilines is 1. The van der Waals surface area contributed by atoms with Crippen LogP contribution in [0.1, 0.15) is 64.3 Å². The first-order valence-electron chi connectivity index (χ1n) is 14.8. The Morgan fingerprint density at radius 2 is 1.84 bits per heavy atom. The average molecular weight is 648 g/mol. The van der Waals surface area contributed by atoms with Crippen molar-refractivity contribution in [3.05, 3.63) is 88.6 Å². The molecule has 0 radical (unpaired) electrons. The number of carbonyl (C=O) groups excluding carboxylic acids is 1. The second-order valence-electron chi connectivity index (χ2n) is 11.4. The molecule has 13 heteroatoms. The number of pyridine rings is 1. The van der Waals surface area contributed by atoms with Crippen molar-refractivity contribution in [2.24, 2.45) is 5.73 Å². The maximum absolute atomic E-state index is 13.2. The van der Waals surface area contributed by atoms with E-state index in [4.69, 9.17) is 20.2 Å². The lowest BCUT2D eigenvalue weighted by atomic mass is 9.92. The molecule has 9 nitrogen and oxygen atoms in total. The fourth-order valence-electron chi connectivity index (χ4n) is 5.95. The van der Waals surface area contributed by atoms with Gasteiger partial charge in [0.25, 0.3) is 5.91 Å². The average Bonchev–Trinajstić information content (AvgIpc) is 3.71. The molecule has 4 atom stereocenters. The van der Waals surface area contributed by atoms with E-state index >= 15 is 0 Å². The van der Waals surface area contributed by atoms with E-state index in [0.29, 0.717) is 44.2 Å². The Morgan fingerprint density at radius 1 is 1.13 bits per heavy atom. The van der Waals surface area contributed by atoms with Crippen LogP contribution < -0.4 is 10.6 Å². The summed E-state index contributed by atoms with van der Waals surface area (Å²) in [6.45, 7) is 2.97. The van der Waals surface area contributed by atoms with Gasteiger partial charge in [0.1, 0.15) is 5.82 Å². The monoisotopic (exact) mass is 647 g/mol. The molecule has 0 saturated carbocycles. The van der Waals surface area contributed by atoms with E-state index in [1.165, 1.54) is 24.3 Å². The summed E-state index contributed by atoms with van der Waals surface area (Å²) in [5, 5.41) is 10.5. The van der Waals surface area contributed by atoms with Gasteiger partial charge in [-0.2, -0.15) is 13.2 Å². The molecule has 2 fully saturated rings. The van der Waals surface area contributed by atoms with Crippen molar-refractivity contribution in [3.8, 4) is 0 Å². The summed E-state index contributed by atoms with van der Waals surface area (Å²) in [4.78, 5) is 19.5. The summed E-state index contributed by atoms with van der Waals surface area (Å²) in [7, 11) is -3.44. The van der Waals surface area contributed by atoms with E-state index in [1.54, 1.807) is 31.2 Å². The lowest BCUT2D eigenvalue weighted by molar-refractivity contribution is -0.137. The van der Waals surface area contributed by atoms with Crippen LogP contribution in [0.15, 0.2) is 65.6 Å². The quantitative estimate of drug-likeness (QED) is 0.315. The molecule has 5 rings (SSSR count). The molecule has 2 aromatic carbocycles. The Balaban J connectivity index is 1.48. The van der Waals surface area contributed by atoms with Gasteiger partial charge in [-0.3, -0.25) is 4.79 Å². The number of alkyl halides is 3. The van der Waals surface area contributed by atoms with Gasteiger partial charge in [0.15, 0.2) is 9.84 Å². The number of ether oxygens (including phenoxy) is 2. The molecule has 2 saturated heterocycles. The van der Waals surface area contributed by atoms with Gasteiger partial charge >= 0.3 is 6.18 Å². The molecule has 1 aromatic heterocycles. The van der Waals surface area contributed by atoms with E-state index in [1.807, 2.05) is 4.90 Å². The van der Waals surface area contributed by atoms with E-state index < -0.39 is 40.0 Å². The number of aliphatic hydroxyl groups is 1. The first-order valence-corrected chi connectivity index (χ1v) is 16.4. The van der Waals surface area contributed by atoms with Crippen molar-refractivity contribution in [1.29, 1.82) is 0 Å². The molecule has 1 amide bonds. The molecular formula is C32H36F3N3O6S. The molecular weight excluding hydrogens is 611 g/mol. The van der Waals surface area contributed by atoms with Gasteiger partial charge < -0.3 is 25.2 Å². The first-order chi connectivity index (χ1) is 21.4. The molecule has 3 N–H and O–H groups in total. The zero-order valence-electron chi connectivity index (χ0n) is 24.7. The van der Waals surface area contributed by atoms with Crippen molar-refractivity contribution in [3.63, 3.8) is 0 Å². The Bertz CT molecular complexity index is 1590. The summed E-state index contributed by atoms with van der Waals surface area (Å²) in [5.74, 6) is -1.22. The standard InChI is InChI=1S/C32H36F3N3O6S/c1-2-45(41,42)26-9-5-21(6-10-26)28(17-39)30-27(31(36)40)11-12-29(37-30)38-16-22(15-24(38)18-44-25-13-14-43-19-25)20-3-7-23(8-4-20)32(33,34)35/h3-12,22,24-25,28,39H,2,13-19H2,1H3,(H2,36,40)/t22?,24-,25-,28?/m0/s1. The summed E-state index contributed by atoms with van der Waals surface area (Å²) in [6, 6.07) is 14.3. The minimum Gasteiger partial charge on any atom is -0.395 e.